The normalized spacial score (nSPS) is 19.0. The van der Waals surface area contributed by atoms with Crippen molar-refractivity contribution in [3.8, 4) is 11.3 Å². The Hall–Kier alpha value is -2.44. The fraction of sp³-hybridized carbons (Fsp3) is 0.650. The lowest BCUT2D eigenvalue weighted by molar-refractivity contribution is -0.136. The van der Waals surface area contributed by atoms with Gasteiger partial charge in [0.1, 0.15) is 11.4 Å². The van der Waals surface area contributed by atoms with Gasteiger partial charge in [0.2, 0.25) is 5.95 Å². The molecule has 0 amide bonds. The molecule has 2 aromatic rings. The van der Waals surface area contributed by atoms with Gasteiger partial charge >= 0.3 is 6.18 Å². The largest absolute Gasteiger partial charge is 0.422 e. The molecule has 2 fully saturated rings. The number of anilines is 2. The molecule has 0 unspecified atom stereocenters. The number of nitrogens with one attached hydrogen (secondary N) is 1. The lowest BCUT2D eigenvalue weighted by Gasteiger charge is -2.33. The quantitative estimate of drug-likeness (QED) is 0.685. The van der Waals surface area contributed by atoms with Gasteiger partial charge in [-0.05, 0) is 26.7 Å². The highest BCUT2D eigenvalue weighted by Crippen LogP contribution is 2.41. The summed E-state index contributed by atoms with van der Waals surface area (Å²) < 4.78 is 54.6. The first-order valence-corrected chi connectivity index (χ1v) is 10.8. The SMILES string of the molecule is CCNc1nc(N)nc(-c2cnn(C3CCN(CC4OCCO4)CC3)c2C)c1C(F)(F)F. The van der Waals surface area contributed by atoms with E-state index in [2.05, 4.69) is 25.3 Å². The van der Waals surface area contributed by atoms with Crippen LogP contribution in [0.2, 0.25) is 0 Å². The van der Waals surface area contributed by atoms with Crippen LogP contribution in [-0.4, -0.2) is 70.3 Å². The van der Waals surface area contributed by atoms with E-state index in [1.165, 1.54) is 6.20 Å². The van der Waals surface area contributed by atoms with E-state index in [1.807, 2.05) is 0 Å². The first-order chi connectivity index (χ1) is 15.3. The molecule has 2 aliphatic heterocycles. The predicted octanol–water partition coefficient (Wildman–Crippen LogP) is 2.69. The van der Waals surface area contributed by atoms with Crippen LogP contribution in [0, 0.1) is 6.92 Å². The summed E-state index contributed by atoms with van der Waals surface area (Å²) in [5, 5.41) is 7.09. The summed E-state index contributed by atoms with van der Waals surface area (Å²) in [7, 11) is 0. The van der Waals surface area contributed by atoms with Crippen molar-refractivity contribution < 1.29 is 22.6 Å². The minimum Gasteiger partial charge on any atom is -0.370 e. The van der Waals surface area contributed by atoms with Gasteiger partial charge in [-0.25, -0.2) is 4.98 Å². The Morgan fingerprint density at radius 1 is 1.19 bits per heavy atom. The number of ether oxygens (including phenoxy) is 2. The van der Waals surface area contributed by atoms with E-state index in [0.29, 0.717) is 24.5 Å². The van der Waals surface area contributed by atoms with Gasteiger partial charge in [-0.15, -0.1) is 0 Å². The van der Waals surface area contributed by atoms with E-state index < -0.39 is 11.7 Å². The van der Waals surface area contributed by atoms with E-state index in [4.69, 9.17) is 15.2 Å². The maximum Gasteiger partial charge on any atom is 0.422 e. The van der Waals surface area contributed by atoms with Crippen molar-refractivity contribution in [3.63, 3.8) is 0 Å². The molecule has 176 valence electrons. The standard InChI is InChI=1S/C20H28F3N7O2/c1-3-25-18-16(20(21,22)23)17(27-19(24)28-18)14-10-26-30(12(14)2)13-4-6-29(7-5-13)11-15-31-8-9-32-15/h10,13,15H,3-9,11H2,1-2H3,(H3,24,25,27,28). The summed E-state index contributed by atoms with van der Waals surface area (Å²) in [6.07, 6.45) is -1.73. The summed E-state index contributed by atoms with van der Waals surface area (Å²) in [6.45, 7) is 7.37. The third-order valence-electron chi connectivity index (χ3n) is 5.85. The topological polar surface area (TPSA) is 103 Å². The molecule has 3 N–H and O–H groups in total. The molecule has 0 spiro atoms. The number of halogens is 3. The minimum atomic E-state index is -4.65. The van der Waals surface area contributed by atoms with Crippen LogP contribution in [0.3, 0.4) is 0 Å². The maximum atomic E-state index is 13.9. The summed E-state index contributed by atoms with van der Waals surface area (Å²) in [4.78, 5) is 10.0. The number of nitrogens with two attached hydrogens (primary N) is 1. The molecule has 2 aliphatic rings. The Bertz CT molecular complexity index is 936. The van der Waals surface area contributed by atoms with E-state index >= 15 is 0 Å². The first-order valence-electron chi connectivity index (χ1n) is 10.8. The van der Waals surface area contributed by atoms with Crippen molar-refractivity contribution in [2.75, 3.05) is 50.4 Å². The molecule has 0 aliphatic carbocycles. The van der Waals surface area contributed by atoms with Gasteiger partial charge in [-0.2, -0.15) is 23.3 Å². The van der Waals surface area contributed by atoms with Crippen molar-refractivity contribution in [2.45, 2.75) is 45.2 Å². The number of rotatable bonds is 6. The van der Waals surface area contributed by atoms with Gasteiger partial charge in [0.25, 0.3) is 0 Å². The number of hydrogen-bond acceptors (Lipinski definition) is 8. The second kappa shape index (κ2) is 9.20. The summed E-state index contributed by atoms with van der Waals surface area (Å²) in [5.74, 6) is -0.542. The van der Waals surface area contributed by atoms with Crippen LogP contribution in [0.4, 0.5) is 24.9 Å². The molecule has 32 heavy (non-hydrogen) atoms. The molecule has 4 heterocycles. The molecule has 0 saturated carbocycles. The van der Waals surface area contributed by atoms with Crippen molar-refractivity contribution in [1.82, 2.24) is 24.6 Å². The lowest BCUT2D eigenvalue weighted by Crippen LogP contribution is -2.40. The van der Waals surface area contributed by atoms with E-state index in [1.54, 1.807) is 18.5 Å². The van der Waals surface area contributed by atoms with Crippen LogP contribution in [0.25, 0.3) is 11.3 Å². The predicted molar refractivity (Wildman–Crippen MR) is 112 cm³/mol. The Balaban J connectivity index is 1.57. The Morgan fingerprint density at radius 2 is 1.88 bits per heavy atom. The van der Waals surface area contributed by atoms with Gasteiger partial charge in [0.15, 0.2) is 6.29 Å². The molecule has 0 atom stereocenters. The van der Waals surface area contributed by atoms with Crippen LogP contribution in [0.15, 0.2) is 6.20 Å². The molecule has 0 radical (unpaired) electrons. The van der Waals surface area contributed by atoms with Crippen LogP contribution >= 0.6 is 0 Å². The number of hydrogen-bond donors (Lipinski definition) is 2. The summed E-state index contributed by atoms with van der Waals surface area (Å²) in [5.41, 5.74) is 5.49. The number of alkyl halides is 3. The highest BCUT2D eigenvalue weighted by atomic mass is 19.4. The zero-order valence-electron chi connectivity index (χ0n) is 18.2. The molecule has 4 rings (SSSR count). The van der Waals surface area contributed by atoms with Crippen LogP contribution in [0.1, 0.15) is 37.1 Å². The number of nitrogens with zero attached hydrogens (tertiary/aromatic N) is 5. The molecular formula is C20H28F3N7O2. The molecule has 2 saturated heterocycles. The van der Waals surface area contributed by atoms with Crippen molar-refractivity contribution >= 4 is 11.8 Å². The fourth-order valence-electron chi connectivity index (χ4n) is 4.33. The number of piperidine rings is 1. The fourth-order valence-corrected chi connectivity index (χ4v) is 4.33. The highest BCUT2D eigenvalue weighted by molar-refractivity contribution is 5.72. The van der Waals surface area contributed by atoms with Gasteiger partial charge in [0.05, 0.1) is 31.1 Å². The summed E-state index contributed by atoms with van der Waals surface area (Å²) >= 11 is 0. The van der Waals surface area contributed by atoms with Gasteiger partial charge in [0, 0.05) is 37.4 Å². The van der Waals surface area contributed by atoms with Crippen LogP contribution in [-0.2, 0) is 15.7 Å². The zero-order valence-corrected chi connectivity index (χ0v) is 18.2. The number of likely N-dealkylation sites (tertiary alicyclic amines) is 1. The highest BCUT2D eigenvalue weighted by Gasteiger charge is 2.40. The van der Waals surface area contributed by atoms with Crippen LogP contribution in [0.5, 0.6) is 0 Å². The Morgan fingerprint density at radius 3 is 2.50 bits per heavy atom. The third-order valence-corrected chi connectivity index (χ3v) is 5.85. The Kier molecular flexibility index (Phi) is 6.54. The minimum absolute atomic E-state index is 0.0900. The smallest absolute Gasteiger partial charge is 0.370 e. The van der Waals surface area contributed by atoms with E-state index in [9.17, 15) is 13.2 Å². The summed E-state index contributed by atoms with van der Waals surface area (Å²) in [6, 6.07) is 0.0900. The lowest BCUT2D eigenvalue weighted by atomic mass is 10.0. The van der Waals surface area contributed by atoms with E-state index in [0.717, 1.165) is 32.5 Å². The van der Waals surface area contributed by atoms with Gasteiger partial charge in [-0.3, -0.25) is 9.58 Å². The average Bonchev–Trinajstić information content (AvgIpc) is 3.37. The third kappa shape index (κ3) is 4.66. The molecular weight excluding hydrogens is 427 g/mol. The van der Waals surface area contributed by atoms with Gasteiger partial charge < -0.3 is 20.5 Å². The zero-order chi connectivity index (χ0) is 22.9. The maximum absolute atomic E-state index is 13.9. The second-order valence-electron chi connectivity index (χ2n) is 7.97. The number of aromatic nitrogens is 4. The van der Waals surface area contributed by atoms with E-state index in [-0.39, 0.29) is 36.3 Å². The molecule has 0 aromatic carbocycles. The van der Waals surface area contributed by atoms with Crippen molar-refractivity contribution in [3.05, 3.63) is 17.5 Å². The first kappa shape index (κ1) is 22.7. The second-order valence-corrected chi connectivity index (χ2v) is 7.97. The molecule has 9 nitrogen and oxygen atoms in total. The van der Waals surface area contributed by atoms with Crippen LogP contribution < -0.4 is 11.1 Å². The van der Waals surface area contributed by atoms with Gasteiger partial charge in [-0.1, -0.05) is 0 Å². The van der Waals surface area contributed by atoms with Crippen molar-refractivity contribution in [2.24, 2.45) is 0 Å². The average molecular weight is 455 g/mol. The number of nitrogen functional groups attached to an aromatic ring is 1. The van der Waals surface area contributed by atoms with Crippen molar-refractivity contribution in [1.29, 1.82) is 0 Å². The molecule has 12 heteroatoms. The molecule has 2 aromatic heterocycles. The molecule has 0 bridgehead atoms. The Labute approximate surface area is 184 Å². The monoisotopic (exact) mass is 455 g/mol.